The maximum atomic E-state index is 13.2. The molecule has 2 aliphatic heterocycles. The van der Waals surface area contributed by atoms with E-state index in [1.54, 1.807) is 0 Å². The van der Waals surface area contributed by atoms with Crippen LogP contribution in [0, 0.1) is 0 Å². The molecule has 1 atom stereocenters. The molecule has 1 aromatic carbocycles. The number of hydrogen-bond acceptors (Lipinski definition) is 6. The standard InChI is InChI=1S/C21H24N6O2/c1-25-10-6-12-27-16(14-25)13-17(23-27)21(28)26-11-5-9-18(26)20-22-19(24-29-20)15-7-3-2-4-8-15/h2-4,7-8,13,18H,5-6,9-12,14H2,1H3/t18-/m1/s1. The topological polar surface area (TPSA) is 80.3 Å². The minimum Gasteiger partial charge on any atom is -0.337 e. The second-order valence-electron chi connectivity index (χ2n) is 7.81. The van der Waals surface area contributed by atoms with Crippen LogP contribution < -0.4 is 0 Å². The molecule has 2 aromatic heterocycles. The minimum atomic E-state index is -0.198. The van der Waals surface area contributed by atoms with E-state index >= 15 is 0 Å². The van der Waals surface area contributed by atoms with Gasteiger partial charge in [-0.3, -0.25) is 9.48 Å². The van der Waals surface area contributed by atoms with E-state index in [1.165, 1.54) is 0 Å². The van der Waals surface area contributed by atoms with Crippen LogP contribution in [0.25, 0.3) is 11.4 Å². The summed E-state index contributed by atoms with van der Waals surface area (Å²) in [5.74, 6) is 0.988. The van der Waals surface area contributed by atoms with Crippen molar-refractivity contribution in [1.29, 1.82) is 0 Å². The third-order valence-corrected chi connectivity index (χ3v) is 5.70. The van der Waals surface area contributed by atoms with Crippen LogP contribution in [0.4, 0.5) is 0 Å². The van der Waals surface area contributed by atoms with Crippen molar-refractivity contribution in [3.8, 4) is 11.4 Å². The van der Waals surface area contributed by atoms with Crippen LogP contribution in [0.2, 0.25) is 0 Å². The number of likely N-dealkylation sites (tertiary alicyclic amines) is 1. The Balaban J connectivity index is 1.38. The molecule has 0 N–H and O–H groups in total. The number of nitrogens with zero attached hydrogens (tertiary/aromatic N) is 6. The molecule has 0 bridgehead atoms. The number of benzene rings is 1. The Morgan fingerprint density at radius 1 is 1.14 bits per heavy atom. The van der Waals surface area contributed by atoms with Crippen LogP contribution in [0.15, 0.2) is 40.9 Å². The van der Waals surface area contributed by atoms with Crippen LogP contribution in [0.1, 0.15) is 47.4 Å². The second kappa shape index (κ2) is 7.44. The summed E-state index contributed by atoms with van der Waals surface area (Å²) in [6.07, 6.45) is 2.77. The maximum Gasteiger partial charge on any atom is 0.275 e. The van der Waals surface area contributed by atoms with E-state index in [0.29, 0.717) is 24.0 Å². The van der Waals surface area contributed by atoms with Crippen molar-refractivity contribution in [2.75, 3.05) is 20.1 Å². The van der Waals surface area contributed by atoms with E-state index in [-0.39, 0.29) is 11.9 Å². The van der Waals surface area contributed by atoms with Crippen LogP contribution in [0.5, 0.6) is 0 Å². The van der Waals surface area contributed by atoms with Gasteiger partial charge in [0.05, 0.1) is 5.69 Å². The van der Waals surface area contributed by atoms with Gasteiger partial charge in [-0.1, -0.05) is 35.5 Å². The summed E-state index contributed by atoms with van der Waals surface area (Å²) in [5, 5.41) is 8.72. The largest absolute Gasteiger partial charge is 0.337 e. The average molecular weight is 392 g/mol. The third-order valence-electron chi connectivity index (χ3n) is 5.70. The Kier molecular flexibility index (Phi) is 4.63. The highest BCUT2D eigenvalue weighted by Crippen LogP contribution is 2.33. The first-order valence-electron chi connectivity index (χ1n) is 10.1. The lowest BCUT2D eigenvalue weighted by molar-refractivity contribution is 0.0703. The predicted octanol–water partition coefficient (Wildman–Crippen LogP) is 2.75. The summed E-state index contributed by atoms with van der Waals surface area (Å²) < 4.78 is 7.52. The molecule has 0 aliphatic carbocycles. The summed E-state index contributed by atoms with van der Waals surface area (Å²) in [6, 6.07) is 11.5. The van der Waals surface area contributed by atoms with E-state index < -0.39 is 0 Å². The van der Waals surface area contributed by atoms with Gasteiger partial charge in [-0.2, -0.15) is 10.1 Å². The molecule has 5 rings (SSSR count). The van der Waals surface area contributed by atoms with Gasteiger partial charge in [-0.05, 0) is 32.4 Å². The van der Waals surface area contributed by atoms with Gasteiger partial charge in [0.25, 0.3) is 5.91 Å². The molecular weight excluding hydrogens is 368 g/mol. The first-order chi connectivity index (χ1) is 14.2. The number of carbonyl (C=O) groups excluding carboxylic acids is 1. The zero-order chi connectivity index (χ0) is 19.8. The predicted molar refractivity (Wildman–Crippen MR) is 106 cm³/mol. The molecule has 8 nitrogen and oxygen atoms in total. The summed E-state index contributed by atoms with van der Waals surface area (Å²) in [4.78, 5) is 21.9. The summed E-state index contributed by atoms with van der Waals surface area (Å²) in [7, 11) is 2.10. The third kappa shape index (κ3) is 3.44. The van der Waals surface area contributed by atoms with Crippen molar-refractivity contribution in [3.05, 3.63) is 53.7 Å². The molecule has 4 heterocycles. The zero-order valence-corrected chi connectivity index (χ0v) is 16.5. The SMILES string of the molecule is CN1CCCn2nc(C(=O)N3CCC[C@@H]3c3nc(-c4ccccc4)no3)cc2C1. The smallest absolute Gasteiger partial charge is 0.275 e. The Hall–Kier alpha value is -3.00. The normalized spacial score (nSPS) is 19.9. The monoisotopic (exact) mass is 392 g/mol. The average Bonchev–Trinajstić information content (AvgIpc) is 3.46. The number of amides is 1. The van der Waals surface area contributed by atoms with Gasteiger partial charge in [-0.25, -0.2) is 0 Å². The summed E-state index contributed by atoms with van der Waals surface area (Å²) >= 11 is 0. The lowest BCUT2D eigenvalue weighted by atomic mass is 10.2. The Morgan fingerprint density at radius 3 is 2.86 bits per heavy atom. The molecule has 0 spiro atoms. The lowest BCUT2D eigenvalue weighted by Crippen LogP contribution is -2.31. The molecule has 29 heavy (non-hydrogen) atoms. The fraction of sp³-hybridized carbons (Fsp3) is 0.429. The van der Waals surface area contributed by atoms with Crippen molar-refractivity contribution in [3.63, 3.8) is 0 Å². The molecule has 8 heteroatoms. The second-order valence-corrected chi connectivity index (χ2v) is 7.81. The van der Waals surface area contributed by atoms with Crippen molar-refractivity contribution in [1.82, 2.24) is 29.7 Å². The number of carbonyl (C=O) groups is 1. The van der Waals surface area contributed by atoms with Crippen LogP contribution in [0.3, 0.4) is 0 Å². The molecule has 0 unspecified atom stereocenters. The minimum absolute atomic E-state index is 0.0600. The first-order valence-corrected chi connectivity index (χ1v) is 10.1. The van der Waals surface area contributed by atoms with Crippen molar-refractivity contribution < 1.29 is 9.32 Å². The van der Waals surface area contributed by atoms with E-state index in [1.807, 2.05) is 46.0 Å². The maximum absolute atomic E-state index is 13.2. The van der Waals surface area contributed by atoms with E-state index in [2.05, 4.69) is 27.2 Å². The molecule has 1 amide bonds. The molecule has 0 radical (unpaired) electrons. The number of rotatable bonds is 3. The quantitative estimate of drug-likeness (QED) is 0.682. The Labute approximate surface area is 169 Å². The zero-order valence-electron chi connectivity index (χ0n) is 16.5. The molecule has 2 aliphatic rings. The van der Waals surface area contributed by atoms with E-state index in [9.17, 15) is 4.79 Å². The highest BCUT2D eigenvalue weighted by molar-refractivity contribution is 5.92. The number of hydrogen-bond donors (Lipinski definition) is 0. The Bertz CT molecular complexity index is 1010. The molecule has 150 valence electrons. The van der Waals surface area contributed by atoms with E-state index in [0.717, 1.165) is 50.2 Å². The van der Waals surface area contributed by atoms with Gasteiger partial charge in [0.2, 0.25) is 11.7 Å². The molecule has 0 saturated carbocycles. The van der Waals surface area contributed by atoms with Crippen molar-refractivity contribution >= 4 is 5.91 Å². The Morgan fingerprint density at radius 2 is 2.00 bits per heavy atom. The molecule has 1 saturated heterocycles. The number of aryl methyl sites for hydroxylation is 1. The van der Waals surface area contributed by atoms with Gasteiger partial charge in [0.15, 0.2) is 5.69 Å². The summed E-state index contributed by atoms with van der Waals surface area (Å²) in [5.41, 5.74) is 2.50. The highest BCUT2D eigenvalue weighted by atomic mass is 16.5. The van der Waals surface area contributed by atoms with Crippen LogP contribution in [-0.4, -0.2) is 55.8 Å². The van der Waals surface area contributed by atoms with Gasteiger partial charge in [0.1, 0.15) is 6.04 Å². The summed E-state index contributed by atoms with van der Waals surface area (Å²) in [6.45, 7) is 3.38. The molecule has 1 fully saturated rings. The first kappa shape index (κ1) is 18.1. The fourth-order valence-electron chi connectivity index (χ4n) is 4.22. The molecular formula is C21H24N6O2. The fourth-order valence-corrected chi connectivity index (χ4v) is 4.22. The highest BCUT2D eigenvalue weighted by Gasteiger charge is 2.36. The van der Waals surface area contributed by atoms with Gasteiger partial charge >= 0.3 is 0 Å². The number of aromatic nitrogens is 4. The van der Waals surface area contributed by atoms with Crippen molar-refractivity contribution in [2.45, 2.75) is 38.4 Å². The van der Waals surface area contributed by atoms with Gasteiger partial charge < -0.3 is 14.3 Å². The van der Waals surface area contributed by atoms with Crippen LogP contribution in [-0.2, 0) is 13.1 Å². The lowest BCUT2D eigenvalue weighted by Gasteiger charge is -2.20. The van der Waals surface area contributed by atoms with Crippen LogP contribution >= 0.6 is 0 Å². The number of fused-ring (bicyclic) bond motifs is 1. The van der Waals surface area contributed by atoms with Gasteiger partial charge in [0, 0.05) is 31.7 Å². The molecule has 3 aromatic rings. The van der Waals surface area contributed by atoms with Crippen molar-refractivity contribution in [2.24, 2.45) is 0 Å². The van der Waals surface area contributed by atoms with Gasteiger partial charge in [-0.15, -0.1) is 0 Å². The van der Waals surface area contributed by atoms with E-state index in [4.69, 9.17) is 4.52 Å².